The summed E-state index contributed by atoms with van der Waals surface area (Å²) in [5, 5.41) is 0. The summed E-state index contributed by atoms with van der Waals surface area (Å²) in [5.41, 5.74) is -0.342. The maximum atomic E-state index is 12.3. The van der Waals surface area contributed by atoms with Gasteiger partial charge in [0.25, 0.3) is 6.43 Å². The Morgan fingerprint density at radius 1 is 1.15 bits per heavy atom. The molecule has 112 valence electrons. The number of hydrogen-bond acceptors (Lipinski definition) is 2. The molecule has 0 N–H and O–H groups in total. The van der Waals surface area contributed by atoms with E-state index >= 15 is 0 Å². The Labute approximate surface area is 112 Å². The van der Waals surface area contributed by atoms with Crippen molar-refractivity contribution in [3.8, 4) is 0 Å². The van der Waals surface area contributed by atoms with Gasteiger partial charge < -0.3 is 4.74 Å². The topological polar surface area (TPSA) is 26.3 Å². The molecule has 0 aliphatic heterocycles. The van der Waals surface area contributed by atoms with Crippen LogP contribution in [0.3, 0.4) is 0 Å². The zero-order valence-corrected chi connectivity index (χ0v) is 10.4. The van der Waals surface area contributed by atoms with Gasteiger partial charge in [0, 0.05) is 12.8 Å². The maximum Gasteiger partial charge on any atom is 0.416 e. The van der Waals surface area contributed by atoms with Crippen LogP contribution < -0.4 is 0 Å². The molecule has 0 unspecified atom stereocenters. The zero-order chi connectivity index (χ0) is 15.2. The summed E-state index contributed by atoms with van der Waals surface area (Å²) >= 11 is 0. The molecule has 1 aromatic carbocycles. The van der Waals surface area contributed by atoms with Crippen molar-refractivity contribution in [3.05, 3.63) is 35.4 Å². The summed E-state index contributed by atoms with van der Waals surface area (Å²) < 4.78 is 64.9. The quantitative estimate of drug-likeness (QED) is 0.569. The third-order valence-corrected chi connectivity index (χ3v) is 2.45. The highest BCUT2D eigenvalue weighted by Crippen LogP contribution is 2.29. The largest absolute Gasteiger partial charge is 0.416 e. The molecule has 0 saturated carbocycles. The number of ketones is 1. The van der Waals surface area contributed by atoms with E-state index in [9.17, 15) is 26.7 Å². The standard InChI is InChI=1S/C13H13F5O2/c14-12(15)8-20-6-5-11(19)7-9-1-3-10(4-2-9)13(16,17)18/h1-4,12H,5-8H2. The maximum absolute atomic E-state index is 12.3. The lowest BCUT2D eigenvalue weighted by Gasteiger charge is -2.07. The van der Waals surface area contributed by atoms with Crippen molar-refractivity contribution >= 4 is 5.78 Å². The van der Waals surface area contributed by atoms with Crippen molar-refractivity contribution in [1.82, 2.24) is 0 Å². The van der Waals surface area contributed by atoms with Crippen molar-refractivity contribution in [2.24, 2.45) is 0 Å². The van der Waals surface area contributed by atoms with E-state index in [-0.39, 0.29) is 25.2 Å². The Morgan fingerprint density at radius 3 is 2.25 bits per heavy atom. The van der Waals surface area contributed by atoms with Crippen LogP contribution in [-0.2, 0) is 22.1 Å². The van der Waals surface area contributed by atoms with Crippen molar-refractivity contribution < 1.29 is 31.5 Å². The molecule has 0 aliphatic rings. The van der Waals surface area contributed by atoms with E-state index in [0.29, 0.717) is 5.56 Å². The second-order valence-corrected chi connectivity index (χ2v) is 4.13. The number of hydrogen-bond donors (Lipinski definition) is 0. The highest BCUT2D eigenvalue weighted by atomic mass is 19.4. The zero-order valence-electron chi connectivity index (χ0n) is 10.4. The van der Waals surface area contributed by atoms with E-state index in [2.05, 4.69) is 4.74 Å². The second-order valence-electron chi connectivity index (χ2n) is 4.13. The van der Waals surface area contributed by atoms with Crippen LogP contribution in [0.2, 0.25) is 0 Å². The number of ether oxygens (including phenoxy) is 1. The molecule has 0 fully saturated rings. The SMILES string of the molecule is O=C(CCOCC(F)F)Cc1ccc(C(F)(F)F)cc1. The van der Waals surface area contributed by atoms with Crippen molar-refractivity contribution in [2.75, 3.05) is 13.2 Å². The number of halogens is 5. The first kappa shape index (κ1) is 16.6. The van der Waals surface area contributed by atoms with Crippen LogP contribution in [0.15, 0.2) is 24.3 Å². The van der Waals surface area contributed by atoms with Gasteiger partial charge in [0.2, 0.25) is 0 Å². The Balaban J connectivity index is 2.39. The highest BCUT2D eigenvalue weighted by molar-refractivity contribution is 5.80. The molecule has 20 heavy (non-hydrogen) atoms. The van der Waals surface area contributed by atoms with Crippen LogP contribution >= 0.6 is 0 Å². The first-order valence-corrected chi connectivity index (χ1v) is 5.83. The molecule has 0 bridgehead atoms. The van der Waals surface area contributed by atoms with Gasteiger partial charge in [-0.25, -0.2) is 8.78 Å². The van der Waals surface area contributed by atoms with Crippen LogP contribution in [0.5, 0.6) is 0 Å². The number of Topliss-reactive ketones (excluding diaryl/α,β-unsaturated/α-hetero) is 1. The van der Waals surface area contributed by atoms with Crippen LogP contribution in [-0.4, -0.2) is 25.4 Å². The molecule has 0 heterocycles. The number of carbonyl (C=O) groups excluding carboxylic acids is 1. The Hall–Kier alpha value is -1.50. The van der Waals surface area contributed by atoms with Gasteiger partial charge in [-0.05, 0) is 17.7 Å². The van der Waals surface area contributed by atoms with Gasteiger partial charge in [0.15, 0.2) is 0 Å². The average molecular weight is 296 g/mol. The van der Waals surface area contributed by atoms with E-state index in [1.165, 1.54) is 12.1 Å². The second kappa shape index (κ2) is 7.33. The molecule has 0 saturated heterocycles. The molecule has 2 nitrogen and oxygen atoms in total. The van der Waals surface area contributed by atoms with Gasteiger partial charge in [-0.3, -0.25) is 4.79 Å². The van der Waals surface area contributed by atoms with Gasteiger partial charge in [-0.1, -0.05) is 12.1 Å². The predicted octanol–water partition coefficient (Wildman–Crippen LogP) is 3.49. The Bertz CT molecular complexity index is 425. The van der Waals surface area contributed by atoms with E-state index in [1.807, 2.05) is 0 Å². The van der Waals surface area contributed by atoms with Crippen molar-refractivity contribution in [2.45, 2.75) is 25.4 Å². The van der Waals surface area contributed by atoms with E-state index in [1.54, 1.807) is 0 Å². The first-order valence-electron chi connectivity index (χ1n) is 5.83. The fourth-order valence-electron chi connectivity index (χ4n) is 1.49. The highest BCUT2D eigenvalue weighted by Gasteiger charge is 2.29. The summed E-state index contributed by atoms with van der Waals surface area (Å²) in [7, 11) is 0. The molecule has 1 rings (SSSR count). The molecule has 0 aromatic heterocycles. The number of benzene rings is 1. The third-order valence-electron chi connectivity index (χ3n) is 2.45. The summed E-state index contributed by atoms with van der Waals surface area (Å²) in [6, 6.07) is 4.24. The van der Waals surface area contributed by atoms with Crippen molar-refractivity contribution in [3.63, 3.8) is 0 Å². The third kappa shape index (κ3) is 6.10. The van der Waals surface area contributed by atoms with E-state index < -0.39 is 24.8 Å². The van der Waals surface area contributed by atoms with Gasteiger partial charge in [-0.15, -0.1) is 0 Å². The molecule has 0 radical (unpaired) electrons. The van der Waals surface area contributed by atoms with Crippen LogP contribution in [0, 0.1) is 0 Å². The molecule has 0 atom stereocenters. The fraction of sp³-hybridized carbons (Fsp3) is 0.462. The van der Waals surface area contributed by atoms with Crippen LogP contribution in [0.4, 0.5) is 22.0 Å². The minimum atomic E-state index is -4.41. The van der Waals surface area contributed by atoms with E-state index in [0.717, 1.165) is 12.1 Å². The fourth-order valence-corrected chi connectivity index (χ4v) is 1.49. The summed E-state index contributed by atoms with van der Waals surface area (Å²) in [4.78, 5) is 11.4. The monoisotopic (exact) mass is 296 g/mol. The molecule has 0 aliphatic carbocycles. The number of carbonyl (C=O) groups is 1. The number of rotatable bonds is 7. The van der Waals surface area contributed by atoms with Gasteiger partial charge in [-0.2, -0.15) is 13.2 Å². The summed E-state index contributed by atoms with van der Waals surface area (Å²) in [6.45, 7) is -0.850. The van der Waals surface area contributed by atoms with Gasteiger partial charge in [0.1, 0.15) is 12.4 Å². The number of alkyl halides is 5. The minimum Gasteiger partial charge on any atom is -0.375 e. The average Bonchev–Trinajstić information content (AvgIpc) is 2.34. The molecule has 7 heteroatoms. The predicted molar refractivity (Wildman–Crippen MR) is 61.6 cm³/mol. The summed E-state index contributed by atoms with van der Waals surface area (Å²) in [5.74, 6) is -0.279. The van der Waals surface area contributed by atoms with Gasteiger partial charge >= 0.3 is 6.18 Å². The van der Waals surface area contributed by atoms with Crippen LogP contribution in [0.1, 0.15) is 17.5 Å². The van der Waals surface area contributed by atoms with E-state index in [4.69, 9.17) is 0 Å². The minimum absolute atomic E-state index is 0.0455. The first-order chi connectivity index (χ1) is 9.29. The molecular weight excluding hydrogens is 283 g/mol. The molecule has 0 spiro atoms. The molecular formula is C13H13F5O2. The molecule has 1 aromatic rings. The summed E-state index contributed by atoms with van der Waals surface area (Å²) in [6.07, 6.45) is -7.09. The lowest BCUT2D eigenvalue weighted by atomic mass is 10.1. The Morgan fingerprint density at radius 2 is 1.75 bits per heavy atom. The Kier molecular flexibility index (Phi) is 6.06. The van der Waals surface area contributed by atoms with Crippen molar-refractivity contribution in [1.29, 1.82) is 0 Å². The lowest BCUT2D eigenvalue weighted by molar-refractivity contribution is -0.137. The van der Waals surface area contributed by atoms with Gasteiger partial charge in [0.05, 0.1) is 12.2 Å². The normalized spacial score (nSPS) is 11.9. The smallest absolute Gasteiger partial charge is 0.375 e. The molecule has 0 amide bonds. The van der Waals surface area contributed by atoms with Crippen LogP contribution in [0.25, 0.3) is 0 Å². The lowest BCUT2D eigenvalue weighted by Crippen LogP contribution is -2.11.